The predicted molar refractivity (Wildman–Crippen MR) is 86.1 cm³/mol. The van der Waals surface area contributed by atoms with Crippen molar-refractivity contribution >= 4 is 11.8 Å². The summed E-state index contributed by atoms with van der Waals surface area (Å²) in [5.74, 6) is 0. The molecule has 0 atom stereocenters. The van der Waals surface area contributed by atoms with E-state index in [1.165, 1.54) is 0 Å². The molecule has 0 amide bonds. The van der Waals surface area contributed by atoms with Gasteiger partial charge in [-0.25, -0.2) is 0 Å². The lowest BCUT2D eigenvalue weighted by atomic mass is 10.1. The molecule has 1 N–H and O–H groups in total. The van der Waals surface area contributed by atoms with Gasteiger partial charge in [-0.15, -0.1) is 0 Å². The molecule has 108 valence electrons. The Morgan fingerprint density at radius 1 is 1.19 bits per heavy atom. The molecule has 21 heavy (non-hydrogen) atoms. The van der Waals surface area contributed by atoms with E-state index in [0.717, 1.165) is 21.9 Å². The molecular weight excluding hydrogens is 278 g/mol. The molecule has 1 aromatic carbocycles. The fourth-order valence-corrected chi connectivity index (χ4v) is 2.63. The van der Waals surface area contributed by atoms with Crippen LogP contribution in [0, 0.1) is 11.3 Å². The van der Waals surface area contributed by atoms with Crippen LogP contribution in [0.1, 0.15) is 31.9 Å². The van der Waals surface area contributed by atoms with Gasteiger partial charge in [0, 0.05) is 34.3 Å². The number of aromatic nitrogens is 1. The van der Waals surface area contributed by atoms with E-state index in [1.807, 2.05) is 24.3 Å². The summed E-state index contributed by atoms with van der Waals surface area (Å²) < 4.78 is 0. The van der Waals surface area contributed by atoms with Crippen molar-refractivity contribution in [2.45, 2.75) is 42.6 Å². The van der Waals surface area contributed by atoms with Crippen molar-refractivity contribution in [3.8, 4) is 6.07 Å². The molecule has 0 aliphatic rings. The molecule has 0 aliphatic heterocycles. The van der Waals surface area contributed by atoms with Crippen molar-refractivity contribution in [3.05, 3.63) is 53.9 Å². The SMILES string of the molecule is CC(C)(C)NCc1ccc(Sc2ccncc2)c(C#N)c1. The van der Waals surface area contributed by atoms with Crippen LogP contribution >= 0.6 is 11.8 Å². The van der Waals surface area contributed by atoms with Gasteiger partial charge in [-0.3, -0.25) is 4.98 Å². The van der Waals surface area contributed by atoms with Crippen LogP contribution < -0.4 is 5.32 Å². The van der Waals surface area contributed by atoms with E-state index in [-0.39, 0.29) is 5.54 Å². The first-order valence-corrected chi connectivity index (χ1v) is 7.65. The fourth-order valence-electron chi connectivity index (χ4n) is 1.76. The summed E-state index contributed by atoms with van der Waals surface area (Å²) in [5, 5.41) is 12.8. The zero-order chi connectivity index (χ0) is 15.3. The predicted octanol–water partition coefficient (Wildman–Crippen LogP) is 3.99. The number of rotatable bonds is 4. The average Bonchev–Trinajstić information content (AvgIpc) is 2.46. The molecule has 0 bridgehead atoms. The normalized spacial score (nSPS) is 11.1. The third kappa shape index (κ3) is 4.89. The van der Waals surface area contributed by atoms with Gasteiger partial charge in [-0.2, -0.15) is 5.26 Å². The lowest BCUT2D eigenvalue weighted by Gasteiger charge is -2.20. The van der Waals surface area contributed by atoms with Crippen molar-refractivity contribution in [1.82, 2.24) is 10.3 Å². The van der Waals surface area contributed by atoms with E-state index >= 15 is 0 Å². The summed E-state index contributed by atoms with van der Waals surface area (Å²) in [6.07, 6.45) is 3.52. The van der Waals surface area contributed by atoms with Crippen molar-refractivity contribution in [2.24, 2.45) is 0 Å². The Kier molecular flexibility index (Phi) is 5.00. The molecule has 0 unspecified atom stereocenters. The van der Waals surface area contributed by atoms with Crippen LogP contribution in [0.15, 0.2) is 52.5 Å². The number of pyridine rings is 1. The van der Waals surface area contributed by atoms with Crippen molar-refractivity contribution in [1.29, 1.82) is 5.26 Å². The third-order valence-electron chi connectivity index (χ3n) is 2.86. The summed E-state index contributed by atoms with van der Waals surface area (Å²) in [6, 6.07) is 12.2. The number of nitrogens with zero attached hydrogens (tertiary/aromatic N) is 2. The highest BCUT2D eigenvalue weighted by Gasteiger charge is 2.10. The van der Waals surface area contributed by atoms with E-state index in [0.29, 0.717) is 5.56 Å². The summed E-state index contributed by atoms with van der Waals surface area (Å²) in [6.45, 7) is 7.15. The van der Waals surface area contributed by atoms with Gasteiger partial charge in [0.1, 0.15) is 6.07 Å². The number of nitrogens with one attached hydrogen (secondary N) is 1. The second kappa shape index (κ2) is 6.75. The van der Waals surface area contributed by atoms with Gasteiger partial charge < -0.3 is 5.32 Å². The number of hydrogen-bond acceptors (Lipinski definition) is 4. The van der Waals surface area contributed by atoms with Crippen LogP contribution in [0.4, 0.5) is 0 Å². The van der Waals surface area contributed by atoms with E-state index in [9.17, 15) is 5.26 Å². The van der Waals surface area contributed by atoms with Gasteiger partial charge in [0.05, 0.1) is 5.56 Å². The molecule has 0 saturated heterocycles. The minimum atomic E-state index is 0.0667. The molecule has 1 aromatic heterocycles. The first-order chi connectivity index (χ1) is 9.98. The molecule has 0 fully saturated rings. The molecule has 0 aliphatic carbocycles. The van der Waals surface area contributed by atoms with E-state index in [2.05, 4.69) is 43.2 Å². The molecule has 3 nitrogen and oxygen atoms in total. The Labute approximate surface area is 130 Å². The Bertz CT molecular complexity index is 639. The maximum Gasteiger partial charge on any atom is 0.100 e. The molecule has 1 heterocycles. The molecular formula is C17H19N3S. The standard InChI is InChI=1S/C17H19N3S/c1-17(2,3)20-12-13-4-5-16(14(10-13)11-18)21-15-6-8-19-9-7-15/h4-10,20H,12H2,1-3H3. The molecule has 0 spiro atoms. The third-order valence-corrected chi connectivity index (χ3v) is 3.95. The van der Waals surface area contributed by atoms with Crippen molar-refractivity contribution < 1.29 is 0 Å². The second-order valence-electron chi connectivity index (χ2n) is 5.83. The zero-order valence-electron chi connectivity index (χ0n) is 12.6. The Hall–Kier alpha value is -1.83. The Balaban J connectivity index is 2.15. The maximum atomic E-state index is 9.35. The van der Waals surface area contributed by atoms with Gasteiger partial charge in [-0.05, 0) is 50.6 Å². The Morgan fingerprint density at radius 2 is 1.90 bits per heavy atom. The maximum absolute atomic E-state index is 9.35. The lowest BCUT2D eigenvalue weighted by Crippen LogP contribution is -2.35. The topological polar surface area (TPSA) is 48.7 Å². The van der Waals surface area contributed by atoms with Crippen molar-refractivity contribution in [3.63, 3.8) is 0 Å². The minimum Gasteiger partial charge on any atom is -0.308 e. The first kappa shape index (κ1) is 15.6. The lowest BCUT2D eigenvalue weighted by molar-refractivity contribution is 0.424. The number of benzene rings is 1. The van der Waals surface area contributed by atoms with Crippen LogP contribution in [0.25, 0.3) is 0 Å². The van der Waals surface area contributed by atoms with Crippen LogP contribution in [0.3, 0.4) is 0 Å². The molecule has 0 radical (unpaired) electrons. The molecule has 0 saturated carbocycles. The van der Waals surface area contributed by atoms with Crippen molar-refractivity contribution in [2.75, 3.05) is 0 Å². The largest absolute Gasteiger partial charge is 0.308 e. The van der Waals surface area contributed by atoms with E-state index in [4.69, 9.17) is 0 Å². The highest BCUT2D eigenvalue weighted by Crippen LogP contribution is 2.30. The van der Waals surface area contributed by atoms with Crippen LogP contribution in [0.5, 0.6) is 0 Å². The molecule has 4 heteroatoms. The van der Waals surface area contributed by atoms with Gasteiger partial charge >= 0.3 is 0 Å². The van der Waals surface area contributed by atoms with Gasteiger partial charge in [-0.1, -0.05) is 17.8 Å². The monoisotopic (exact) mass is 297 g/mol. The summed E-state index contributed by atoms with van der Waals surface area (Å²) in [5.41, 5.74) is 1.91. The summed E-state index contributed by atoms with van der Waals surface area (Å²) >= 11 is 1.59. The van der Waals surface area contributed by atoms with Gasteiger partial charge in [0.2, 0.25) is 0 Å². The summed E-state index contributed by atoms with van der Waals surface area (Å²) in [7, 11) is 0. The summed E-state index contributed by atoms with van der Waals surface area (Å²) in [4.78, 5) is 6.06. The second-order valence-corrected chi connectivity index (χ2v) is 6.95. The highest BCUT2D eigenvalue weighted by molar-refractivity contribution is 7.99. The van der Waals surface area contributed by atoms with Gasteiger partial charge in [0.25, 0.3) is 0 Å². The zero-order valence-corrected chi connectivity index (χ0v) is 13.4. The van der Waals surface area contributed by atoms with Gasteiger partial charge in [0.15, 0.2) is 0 Å². The Morgan fingerprint density at radius 3 is 2.52 bits per heavy atom. The van der Waals surface area contributed by atoms with Crippen LogP contribution in [-0.4, -0.2) is 10.5 Å². The molecule has 2 rings (SSSR count). The molecule has 2 aromatic rings. The van der Waals surface area contributed by atoms with Crippen LogP contribution in [-0.2, 0) is 6.54 Å². The van der Waals surface area contributed by atoms with E-state index < -0.39 is 0 Å². The quantitative estimate of drug-likeness (QED) is 0.927. The highest BCUT2D eigenvalue weighted by atomic mass is 32.2. The van der Waals surface area contributed by atoms with Crippen LogP contribution in [0.2, 0.25) is 0 Å². The number of nitriles is 1. The number of hydrogen-bond donors (Lipinski definition) is 1. The first-order valence-electron chi connectivity index (χ1n) is 6.84. The minimum absolute atomic E-state index is 0.0667. The van der Waals surface area contributed by atoms with E-state index in [1.54, 1.807) is 24.2 Å². The smallest absolute Gasteiger partial charge is 0.100 e. The average molecular weight is 297 g/mol. The fraction of sp³-hybridized carbons (Fsp3) is 0.294.